The maximum absolute atomic E-state index is 10.4. The van der Waals surface area contributed by atoms with Gasteiger partial charge in [-0.25, -0.2) is 4.98 Å². The largest absolute Gasteiger partial charge is 0.497 e. The summed E-state index contributed by atoms with van der Waals surface area (Å²) in [7, 11) is 1.63. The van der Waals surface area contributed by atoms with E-state index < -0.39 is 6.10 Å². The summed E-state index contributed by atoms with van der Waals surface area (Å²) in [5, 5.41) is 10.4. The van der Waals surface area contributed by atoms with E-state index in [-0.39, 0.29) is 6.10 Å². The van der Waals surface area contributed by atoms with Crippen molar-refractivity contribution in [2.75, 3.05) is 7.11 Å². The number of imidazole rings is 1. The molecule has 1 aliphatic carbocycles. The molecule has 2 aromatic rings. The fourth-order valence-corrected chi connectivity index (χ4v) is 2.95. The van der Waals surface area contributed by atoms with Crippen molar-refractivity contribution >= 4 is 0 Å². The van der Waals surface area contributed by atoms with E-state index in [2.05, 4.69) is 9.55 Å². The van der Waals surface area contributed by atoms with Gasteiger partial charge in [0.05, 0.1) is 31.4 Å². The Morgan fingerprint density at radius 2 is 2.24 bits per heavy atom. The second kappa shape index (κ2) is 4.77. The van der Waals surface area contributed by atoms with Gasteiger partial charge in [0.2, 0.25) is 0 Å². The predicted molar refractivity (Wildman–Crippen MR) is 76.4 cm³/mol. The molecule has 5 heteroatoms. The summed E-state index contributed by atoms with van der Waals surface area (Å²) < 4.78 is 13.5. The van der Waals surface area contributed by atoms with Crippen LogP contribution in [-0.4, -0.2) is 21.8 Å². The van der Waals surface area contributed by atoms with Gasteiger partial charge >= 0.3 is 0 Å². The molecule has 0 spiro atoms. The molecule has 4 rings (SSSR count). The maximum atomic E-state index is 10.4. The van der Waals surface area contributed by atoms with Crippen LogP contribution in [-0.2, 0) is 0 Å². The third-order valence-corrected chi connectivity index (χ3v) is 4.25. The Bertz CT molecular complexity index is 663. The lowest BCUT2D eigenvalue weighted by molar-refractivity contribution is 0.0616. The molecule has 110 valence electrons. The molecule has 21 heavy (non-hydrogen) atoms. The summed E-state index contributed by atoms with van der Waals surface area (Å²) in [6, 6.07) is 6.10. The molecule has 2 heterocycles. The van der Waals surface area contributed by atoms with Gasteiger partial charge in [0, 0.05) is 24.1 Å². The Kier molecular flexibility index (Phi) is 2.89. The zero-order valence-electron chi connectivity index (χ0n) is 11.9. The third kappa shape index (κ3) is 2.17. The predicted octanol–water partition coefficient (Wildman–Crippen LogP) is 2.78. The Hall–Kier alpha value is -2.01. The van der Waals surface area contributed by atoms with E-state index in [9.17, 15) is 5.11 Å². The highest BCUT2D eigenvalue weighted by Gasteiger charge is 2.33. The number of benzene rings is 1. The summed E-state index contributed by atoms with van der Waals surface area (Å²) in [4.78, 5) is 4.25. The summed E-state index contributed by atoms with van der Waals surface area (Å²) in [6.07, 6.45) is 5.98. The molecule has 1 unspecified atom stereocenters. The van der Waals surface area contributed by atoms with Crippen LogP contribution in [0, 0.1) is 0 Å². The van der Waals surface area contributed by atoms with Crippen LogP contribution in [0.1, 0.15) is 48.8 Å². The summed E-state index contributed by atoms with van der Waals surface area (Å²) in [5.74, 6) is 1.43. The van der Waals surface area contributed by atoms with Crippen molar-refractivity contribution < 1.29 is 14.6 Å². The number of ether oxygens (including phenoxy) is 2. The van der Waals surface area contributed by atoms with Gasteiger partial charge in [0.1, 0.15) is 17.6 Å². The minimum atomic E-state index is -0.521. The highest BCUT2D eigenvalue weighted by Crippen LogP contribution is 2.44. The van der Waals surface area contributed by atoms with Crippen molar-refractivity contribution in [3.63, 3.8) is 0 Å². The van der Waals surface area contributed by atoms with Crippen LogP contribution < -0.4 is 9.47 Å². The normalized spacial score (nSPS) is 24.3. The van der Waals surface area contributed by atoms with Gasteiger partial charge in [-0.2, -0.15) is 0 Å². The zero-order valence-corrected chi connectivity index (χ0v) is 11.9. The quantitative estimate of drug-likeness (QED) is 0.942. The van der Waals surface area contributed by atoms with E-state index in [1.54, 1.807) is 7.11 Å². The highest BCUT2D eigenvalue weighted by molar-refractivity contribution is 5.43. The second-order valence-corrected chi connectivity index (χ2v) is 5.72. The van der Waals surface area contributed by atoms with E-state index in [1.165, 1.54) is 12.8 Å². The van der Waals surface area contributed by atoms with Crippen molar-refractivity contribution in [2.24, 2.45) is 0 Å². The Morgan fingerprint density at radius 1 is 1.38 bits per heavy atom. The topological polar surface area (TPSA) is 56.5 Å². The SMILES string of the molecule is COc1ccc2c(c1)OC(c1cncn1C1CC1)C[C@H]2O. The van der Waals surface area contributed by atoms with E-state index in [0.29, 0.717) is 18.2 Å². The van der Waals surface area contributed by atoms with Crippen molar-refractivity contribution in [3.05, 3.63) is 42.0 Å². The molecule has 1 aromatic carbocycles. The lowest BCUT2D eigenvalue weighted by atomic mass is 9.97. The summed E-state index contributed by atoms with van der Waals surface area (Å²) >= 11 is 0. The van der Waals surface area contributed by atoms with Gasteiger partial charge in [0.25, 0.3) is 0 Å². The van der Waals surface area contributed by atoms with Crippen molar-refractivity contribution in [1.29, 1.82) is 0 Å². The van der Waals surface area contributed by atoms with Crippen LogP contribution in [0.15, 0.2) is 30.7 Å². The molecule has 0 bridgehead atoms. The first-order chi connectivity index (χ1) is 10.3. The second-order valence-electron chi connectivity index (χ2n) is 5.72. The van der Waals surface area contributed by atoms with Gasteiger partial charge in [0.15, 0.2) is 0 Å². The van der Waals surface area contributed by atoms with Crippen molar-refractivity contribution in [1.82, 2.24) is 9.55 Å². The number of rotatable bonds is 3. The standard InChI is InChI=1S/C16H18N2O3/c1-20-11-4-5-12-14(19)7-16(21-15(12)6-11)13-8-17-9-18(13)10-2-3-10/h4-6,8-10,14,16,19H,2-3,7H2,1H3/t14-,16?/m1/s1. The van der Waals surface area contributed by atoms with Crippen LogP contribution in [0.25, 0.3) is 0 Å². The molecule has 2 aliphatic rings. The van der Waals surface area contributed by atoms with Crippen molar-refractivity contribution in [3.8, 4) is 11.5 Å². The molecule has 0 amide bonds. The number of methoxy groups -OCH3 is 1. The van der Waals surface area contributed by atoms with Crippen LogP contribution in [0.5, 0.6) is 11.5 Å². The van der Waals surface area contributed by atoms with Crippen molar-refractivity contribution in [2.45, 2.75) is 37.5 Å². The van der Waals surface area contributed by atoms with Crippen LogP contribution in [0.4, 0.5) is 0 Å². The molecule has 1 saturated carbocycles. The van der Waals surface area contributed by atoms with Gasteiger partial charge in [-0.1, -0.05) is 0 Å². The first-order valence-electron chi connectivity index (χ1n) is 7.30. The summed E-state index contributed by atoms with van der Waals surface area (Å²) in [5.41, 5.74) is 1.87. The molecular weight excluding hydrogens is 268 g/mol. The molecular formula is C16H18N2O3. The fraction of sp³-hybridized carbons (Fsp3) is 0.438. The molecule has 5 nitrogen and oxygen atoms in total. The number of fused-ring (bicyclic) bond motifs is 1. The van der Waals surface area contributed by atoms with E-state index in [1.807, 2.05) is 30.7 Å². The van der Waals surface area contributed by atoms with Gasteiger partial charge in [-0.15, -0.1) is 0 Å². The van der Waals surface area contributed by atoms with Crippen LogP contribution >= 0.6 is 0 Å². The van der Waals surface area contributed by atoms with Gasteiger partial charge in [-0.3, -0.25) is 0 Å². The third-order valence-electron chi connectivity index (χ3n) is 4.25. The van der Waals surface area contributed by atoms with E-state index in [0.717, 1.165) is 17.0 Å². The number of hydrogen-bond donors (Lipinski definition) is 1. The van der Waals surface area contributed by atoms with E-state index in [4.69, 9.17) is 9.47 Å². The zero-order chi connectivity index (χ0) is 14.4. The summed E-state index contributed by atoms with van der Waals surface area (Å²) in [6.45, 7) is 0. The van der Waals surface area contributed by atoms with E-state index >= 15 is 0 Å². The first kappa shape index (κ1) is 12.7. The van der Waals surface area contributed by atoms with Gasteiger partial charge in [-0.05, 0) is 25.0 Å². The average molecular weight is 286 g/mol. The Labute approximate surface area is 123 Å². The molecule has 2 atom stereocenters. The number of aliphatic hydroxyl groups is 1. The van der Waals surface area contributed by atoms with Gasteiger partial charge < -0.3 is 19.1 Å². The minimum absolute atomic E-state index is 0.164. The average Bonchev–Trinajstić information content (AvgIpc) is 3.23. The molecule has 0 saturated heterocycles. The first-order valence-corrected chi connectivity index (χ1v) is 7.30. The fourth-order valence-electron chi connectivity index (χ4n) is 2.95. The molecule has 1 fully saturated rings. The maximum Gasteiger partial charge on any atom is 0.143 e. The monoisotopic (exact) mass is 286 g/mol. The molecule has 1 N–H and O–H groups in total. The minimum Gasteiger partial charge on any atom is -0.497 e. The number of nitrogens with zero attached hydrogens (tertiary/aromatic N) is 2. The van der Waals surface area contributed by atoms with Crippen LogP contribution in [0.2, 0.25) is 0 Å². The Balaban J connectivity index is 1.68. The molecule has 1 aromatic heterocycles. The number of aromatic nitrogens is 2. The Morgan fingerprint density at radius 3 is 3.00 bits per heavy atom. The van der Waals surface area contributed by atoms with Crippen LogP contribution in [0.3, 0.4) is 0 Å². The lowest BCUT2D eigenvalue weighted by Crippen LogP contribution is -2.21. The smallest absolute Gasteiger partial charge is 0.143 e. The number of hydrogen-bond acceptors (Lipinski definition) is 4. The molecule has 1 aliphatic heterocycles. The highest BCUT2D eigenvalue weighted by atomic mass is 16.5. The number of aliphatic hydroxyl groups excluding tert-OH is 1. The lowest BCUT2D eigenvalue weighted by Gasteiger charge is -2.30. The molecule has 0 radical (unpaired) electrons.